The van der Waals surface area contributed by atoms with Crippen LogP contribution in [-0.2, 0) is 11.8 Å². The summed E-state index contributed by atoms with van der Waals surface area (Å²) in [6, 6.07) is 5.50. The second-order valence-corrected chi connectivity index (χ2v) is 5.66. The molecule has 0 unspecified atom stereocenters. The van der Waals surface area contributed by atoms with Crippen molar-refractivity contribution in [2.75, 3.05) is 0 Å². The Morgan fingerprint density at radius 1 is 1.20 bits per heavy atom. The van der Waals surface area contributed by atoms with Gasteiger partial charge in [0.05, 0.1) is 0 Å². The lowest BCUT2D eigenvalue weighted by atomic mass is 9.85. The Labute approximate surface area is 92.5 Å². The fraction of sp³-hybridized carbons (Fsp3) is 0.571. The van der Waals surface area contributed by atoms with Crippen LogP contribution >= 0.6 is 0 Å². The van der Waals surface area contributed by atoms with Gasteiger partial charge < -0.3 is 0 Å². The van der Waals surface area contributed by atoms with Crippen molar-refractivity contribution in [2.45, 2.75) is 46.5 Å². The van der Waals surface area contributed by atoms with Crippen LogP contribution in [0.25, 0.3) is 0 Å². The van der Waals surface area contributed by atoms with Crippen molar-refractivity contribution in [3.8, 4) is 0 Å². The predicted octanol–water partition coefficient (Wildman–Crippen LogP) is 4.32. The molecule has 0 radical (unpaired) electrons. The minimum absolute atomic E-state index is 0.0880. The summed E-state index contributed by atoms with van der Waals surface area (Å²) >= 11 is 0. The molecule has 0 spiro atoms. The highest BCUT2D eigenvalue weighted by Gasteiger charge is 2.18. The highest BCUT2D eigenvalue weighted by atomic mass is 19.1. The summed E-state index contributed by atoms with van der Waals surface area (Å²) in [4.78, 5) is 0. The van der Waals surface area contributed by atoms with Gasteiger partial charge in [-0.25, -0.2) is 4.39 Å². The van der Waals surface area contributed by atoms with Gasteiger partial charge in [-0.1, -0.05) is 46.8 Å². The van der Waals surface area contributed by atoms with E-state index in [0.29, 0.717) is 5.92 Å². The van der Waals surface area contributed by atoms with Crippen LogP contribution in [0.15, 0.2) is 18.2 Å². The molecule has 0 aliphatic rings. The summed E-state index contributed by atoms with van der Waals surface area (Å²) in [5.41, 5.74) is 1.94. The maximum atomic E-state index is 13.6. The van der Waals surface area contributed by atoms with Gasteiger partial charge in [0.2, 0.25) is 0 Å². The zero-order valence-electron chi connectivity index (χ0n) is 10.4. The summed E-state index contributed by atoms with van der Waals surface area (Å²) in [6.07, 6.45) is 1.02. The molecule has 0 N–H and O–H groups in total. The van der Waals surface area contributed by atoms with E-state index in [9.17, 15) is 4.39 Å². The Kier molecular flexibility index (Phi) is 3.54. The predicted molar refractivity (Wildman–Crippen MR) is 63.6 cm³/mol. The summed E-state index contributed by atoms with van der Waals surface area (Å²) in [6.45, 7) is 10.5. The molecular formula is C14H21F. The molecule has 1 aromatic carbocycles. The van der Waals surface area contributed by atoms with Crippen molar-refractivity contribution in [3.63, 3.8) is 0 Å². The van der Waals surface area contributed by atoms with Crippen molar-refractivity contribution in [2.24, 2.45) is 5.92 Å². The highest BCUT2D eigenvalue weighted by Crippen LogP contribution is 2.26. The molecule has 0 amide bonds. The van der Waals surface area contributed by atoms with Crippen molar-refractivity contribution in [1.29, 1.82) is 0 Å². The average molecular weight is 208 g/mol. The largest absolute Gasteiger partial charge is 0.207 e. The Hall–Kier alpha value is -0.850. The van der Waals surface area contributed by atoms with E-state index in [1.54, 1.807) is 6.07 Å². The van der Waals surface area contributed by atoms with Crippen LogP contribution in [0.4, 0.5) is 4.39 Å². The van der Waals surface area contributed by atoms with Crippen LogP contribution in [0, 0.1) is 11.7 Å². The van der Waals surface area contributed by atoms with E-state index in [2.05, 4.69) is 13.8 Å². The normalized spacial score (nSPS) is 12.2. The second kappa shape index (κ2) is 4.34. The van der Waals surface area contributed by atoms with Gasteiger partial charge in [-0.2, -0.15) is 0 Å². The average Bonchev–Trinajstić information content (AvgIpc) is 2.05. The second-order valence-electron chi connectivity index (χ2n) is 5.66. The zero-order chi connectivity index (χ0) is 11.6. The van der Waals surface area contributed by atoms with Gasteiger partial charge in [0.25, 0.3) is 0 Å². The molecular weight excluding hydrogens is 187 g/mol. The maximum Gasteiger partial charge on any atom is 0.126 e. The fourth-order valence-corrected chi connectivity index (χ4v) is 1.75. The number of hydrogen-bond donors (Lipinski definition) is 0. The first-order valence-electron chi connectivity index (χ1n) is 5.59. The smallest absolute Gasteiger partial charge is 0.126 e. The minimum Gasteiger partial charge on any atom is -0.207 e. The molecule has 0 saturated heterocycles. The molecule has 0 fully saturated rings. The van der Waals surface area contributed by atoms with E-state index in [0.717, 1.165) is 12.0 Å². The molecule has 0 aliphatic heterocycles. The molecule has 0 atom stereocenters. The van der Waals surface area contributed by atoms with Crippen LogP contribution < -0.4 is 0 Å². The quantitative estimate of drug-likeness (QED) is 0.679. The van der Waals surface area contributed by atoms with Gasteiger partial charge in [0.1, 0.15) is 5.82 Å². The molecule has 0 saturated carbocycles. The van der Waals surface area contributed by atoms with Crippen molar-refractivity contribution < 1.29 is 4.39 Å². The van der Waals surface area contributed by atoms with Crippen molar-refractivity contribution in [1.82, 2.24) is 0 Å². The molecule has 1 heteroatoms. The number of hydrogen-bond acceptors (Lipinski definition) is 0. The Morgan fingerprint density at radius 3 is 2.27 bits per heavy atom. The zero-order valence-corrected chi connectivity index (χ0v) is 10.4. The lowest BCUT2D eigenvalue weighted by molar-refractivity contribution is 0.520. The monoisotopic (exact) mass is 208 g/mol. The summed E-state index contributed by atoms with van der Waals surface area (Å²) in [5, 5.41) is 0. The SMILES string of the molecule is CC(C)Cc1ccc(F)c(C(C)(C)C)c1. The topological polar surface area (TPSA) is 0 Å². The van der Waals surface area contributed by atoms with Gasteiger partial charge in [0, 0.05) is 0 Å². The van der Waals surface area contributed by atoms with Gasteiger partial charge in [-0.15, -0.1) is 0 Å². The molecule has 15 heavy (non-hydrogen) atoms. The molecule has 84 valence electrons. The first-order chi connectivity index (χ1) is 6.80. The van der Waals surface area contributed by atoms with Crippen molar-refractivity contribution >= 4 is 0 Å². The third kappa shape index (κ3) is 3.33. The molecule has 0 aromatic heterocycles. The van der Waals surface area contributed by atoms with E-state index >= 15 is 0 Å². The number of rotatable bonds is 2. The molecule has 1 aromatic rings. The van der Waals surface area contributed by atoms with Crippen LogP contribution in [0.2, 0.25) is 0 Å². The van der Waals surface area contributed by atoms with E-state index in [4.69, 9.17) is 0 Å². The summed E-state index contributed by atoms with van der Waals surface area (Å²) in [5.74, 6) is 0.526. The van der Waals surface area contributed by atoms with Crippen molar-refractivity contribution in [3.05, 3.63) is 35.1 Å². The Balaban J connectivity index is 3.06. The van der Waals surface area contributed by atoms with E-state index in [1.807, 2.05) is 32.9 Å². The fourth-order valence-electron chi connectivity index (χ4n) is 1.75. The first kappa shape index (κ1) is 12.2. The molecule has 1 rings (SSSR count). The van der Waals surface area contributed by atoms with Gasteiger partial charge in [0.15, 0.2) is 0 Å². The standard InChI is InChI=1S/C14H21F/c1-10(2)8-11-6-7-13(15)12(9-11)14(3,4)5/h6-7,9-10H,8H2,1-5H3. The van der Waals surface area contributed by atoms with E-state index in [1.165, 1.54) is 5.56 Å². The van der Waals surface area contributed by atoms with Crippen LogP contribution in [0.5, 0.6) is 0 Å². The molecule has 0 nitrogen and oxygen atoms in total. The van der Waals surface area contributed by atoms with Crippen LogP contribution in [0.3, 0.4) is 0 Å². The first-order valence-corrected chi connectivity index (χ1v) is 5.59. The van der Waals surface area contributed by atoms with E-state index in [-0.39, 0.29) is 11.2 Å². The van der Waals surface area contributed by atoms with Crippen LogP contribution in [-0.4, -0.2) is 0 Å². The molecule has 0 heterocycles. The van der Waals surface area contributed by atoms with Gasteiger partial charge in [-0.05, 0) is 34.9 Å². The number of benzene rings is 1. The maximum absolute atomic E-state index is 13.6. The Morgan fingerprint density at radius 2 is 1.80 bits per heavy atom. The Bertz CT molecular complexity index is 332. The summed E-state index contributed by atoms with van der Waals surface area (Å²) in [7, 11) is 0. The lowest BCUT2D eigenvalue weighted by Gasteiger charge is -2.21. The third-order valence-electron chi connectivity index (χ3n) is 2.48. The number of halogens is 1. The third-order valence-corrected chi connectivity index (χ3v) is 2.48. The van der Waals surface area contributed by atoms with Crippen LogP contribution in [0.1, 0.15) is 45.7 Å². The minimum atomic E-state index is -0.114. The van der Waals surface area contributed by atoms with Gasteiger partial charge in [-0.3, -0.25) is 0 Å². The summed E-state index contributed by atoms with van der Waals surface area (Å²) < 4.78 is 13.6. The lowest BCUT2D eigenvalue weighted by Crippen LogP contribution is -2.14. The molecule has 0 aliphatic carbocycles. The van der Waals surface area contributed by atoms with E-state index < -0.39 is 0 Å². The van der Waals surface area contributed by atoms with Gasteiger partial charge >= 0.3 is 0 Å². The molecule has 0 bridgehead atoms. The highest BCUT2D eigenvalue weighted by molar-refractivity contribution is 5.30.